The zero-order valence-electron chi connectivity index (χ0n) is 33.3. The monoisotopic (exact) mass is 714 g/mol. The van der Waals surface area contributed by atoms with E-state index in [4.69, 9.17) is 14.2 Å². The second-order valence-electron chi connectivity index (χ2n) is 18.8. The Morgan fingerprint density at radius 3 is 1.59 bits per heavy atom. The summed E-state index contributed by atoms with van der Waals surface area (Å²) < 4.78 is 18.7. The van der Waals surface area contributed by atoms with Crippen LogP contribution < -0.4 is 0 Å². The highest BCUT2D eigenvalue weighted by Gasteiger charge is 2.64. The zero-order valence-corrected chi connectivity index (χ0v) is 33.3. The molecule has 0 radical (unpaired) electrons. The Morgan fingerprint density at radius 2 is 1.10 bits per heavy atom. The molecule has 7 rings (SSSR count). The van der Waals surface area contributed by atoms with E-state index in [1.165, 1.54) is 77.0 Å². The minimum atomic E-state index is -0.143. The predicted molar refractivity (Wildman–Crippen MR) is 203 cm³/mol. The highest BCUT2D eigenvalue weighted by molar-refractivity contribution is 5.71. The van der Waals surface area contributed by atoms with Crippen LogP contribution in [0.5, 0.6) is 0 Å². The van der Waals surface area contributed by atoms with Gasteiger partial charge in [0.2, 0.25) is 0 Å². The van der Waals surface area contributed by atoms with E-state index in [2.05, 4.69) is 32.6 Å². The number of fused-ring (bicyclic) bond motifs is 3. The molecule has 0 spiro atoms. The molecule has 7 saturated carbocycles. The number of carbonyl (C=O) groups excluding carboxylic acids is 3. The third kappa shape index (κ3) is 11.2. The van der Waals surface area contributed by atoms with Crippen molar-refractivity contribution in [3.8, 4) is 0 Å². The molecule has 0 aromatic heterocycles. The predicted octanol–water partition coefficient (Wildman–Crippen LogP) is 10.2. The van der Waals surface area contributed by atoms with Crippen LogP contribution in [0.1, 0.15) is 182 Å². The lowest BCUT2D eigenvalue weighted by molar-refractivity contribution is -0.213. The molecule has 7 nitrogen and oxygen atoms in total. The summed E-state index contributed by atoms with van der Waals surface area (Å²) in [5.74, 6) is 1.60. The lowest BCUT2D eigenvalue weighted by Gasteiger charge is -2.66. The molecule has 292 valence electrons. The number of hydrogen-bond acceptors (Lipinski definition) is 7. The van der Waals surface area contributed by atoms with Crippen molar-refractivity contribution in [1.82, 2.24) is 4.90 Å². The van der Waals surface area contributed by atoms with Crippen LogP contribution in [-0.4, -0.2) is 62.3 Å². The van der Waals surface area contributed by atoms with Crippen molar-refractivity contribution in [1.29, 1.82) is 0 Å². The molecule has 0 heterocycles. The molecule has 7 aliphatic carbocycles. The quantitative estimate of drug-likeness (QED) is 0.0559. The molecule has 0 unspecified atom stereocenters. The van der Waals surface area contributed by atoms with E-state index in [0.29, 0.717) is 50.9 Å². The molecule has 0 aliphatic heterocycles. The van der Waals surface area contributed by atoms with Crippen LogP contribution in [0.3, 0.4) is 0 Å². The first-order chi connectivity index (χ1) is 24.6. The SMILES string of the molecule is CCCCCC(CCCCC)CC(=O)OC[C@@]12C[C@H]3C[C@@](COC(=O)CCCN(CC)CC)(C1)C[C@](COC(=O)CC14CCC(CC1)CC4)(C3)C2. The molecule has 7 aliphatic rings. The fourth-order valence-corrected chi connectivity index (χ4v) is 12.3. The average Bonchev–Trinajstić information content (AvgIpc) is 3.11. The largest absolute Gasteiger partial charge is 0.465 e. The van der Waals surface area contributed by atoms with Gasteiger partial charge in [-0.15, -0.1) is 0 Å². The van der Waals surface area contributed by atoms with Gasteiger partial charge in [-0.25, -0.2) is 0 Å². The smallest absolute Gasteiger partial charge is 0.306 e. The maximum atomic E-state index is 13.5. The molecule has 4 atom stereocenters. The second-order valence-corrected chi connectivity index (χ2v) is 18.8. The van der Waals surface area contributed by atoms with Crippen molar-refractivity contribution < 1.29 is 28.6 Å². The van der Waals surface area contributed by atoms with Gasteiger partial charge in [0.1, 0.15) is 0 Å². The minimum Gasteiger partial charge on any atom is -0.465 e. The van der Waals surface area contributed by atoms with Crippen molar-refractivity contribution in [2.24, 2.45) is 39.4 Å². The zero-order chi connectivity index (χ0) is 36.4. The van der Waals surface area contributed by atoms with Gasteiger partial charge in [-0.3, -0.25) is 14.4 Å². The molecule has 0 saturated heterocycles. The Kier molecular flexibility index (Phi) is 14.8. The summed E-state index contributed by atoms with van der Waals surface area (Å²) in [6.07, 6.45) is 25.1. The van der Waals surface area contributed by atoms with Gasteiger partial charge >= 0.3 is 17.9 Å². The Labute approximate surface area is 311 Å². The average molecular weight is 714 g/mol. The summed E-state index contributed by atoms with van der Waals surface area (Å²) >= 11 is 0. The Morgan fingerprint density at radius 1 is 0.608 bits per heavy atom. The molecule has 6 bridgehead atoms. The van der Waals surface area contributed by atoms with E-state index in [0.717, 1.165) is 83.3 Å². The molecule has 7 heteroatoms. The van der Waals surface area contributed by atoms with Crippen LogP contribution in [0.4, 0.5) is 0 Å². The normalized spacial score (nSPS) is 32.1. The number of nitrogens with zero attached hydrogens (tertiary/aromatic N) is 1. The Balaban J connectivity index is 1.23. The summed E-state index contributed by atoms with van der Waals surface area (Å²) in [7, 11) is 0. The first-order valence-electron chi connectivity index (χ1n) is 21.8. The molecule has 51 heavy (non-hydrogen) atoms. The molecule has 0 aromatic rings. The van der Waals surface area contributed by atoms with Gasteiger partial charge in [0.05, 0.1) is 26.2 Å². The van der Waals surface area contributed by atoms with E-state index in [1.807, 2.05) is 0 Å². The van der Waals surface area contributed by atoms with Gasteiger partial charge in [0, 0.05) is 29.1 Å². The summed E-state index contributed by atoms with van der Waals surface area (Å²) in [6.45, 7) is 13.0. The van der Waals surface area contributed by atoms with Crippen molar-refractivity contribution >= 4 is 17.9 Å². The molecule has 0 N–H and O–H groups in total. The standard InChI is InChI=1S/C44H75NO6/c1-5-9-11-14-36(15-12-10-6-2)24-39(47)50-33-43-26-37-25-42(29-43,32-49-38(46)16-13-23-45(7-3)8-4)30-44(27-37,31-43)34-51-40(48)28-41-20-17-35(18-21-41)19-22-41/h35-37H,5-34H2,1-4H3/t35?,37-,41?,42-,43+,44-/m1/s1. The maximum Gasteiger partial charge on any atom is 0.306 e. The van der Waals surface area contributed by atoms with E-state index >= 15 is 0 Å². The molecular weight excluding hydrogens is 638 g/mol. The van der Waals surface area contributed by atoms with Crippen LogP contribution in [0.15, 0.2) is 0 Å². The highest BCUT2D eigenvalue weighted by atomic mass is 16.5. The van der Waals surface area contributed by atoms with Crippen LogP contribution in [0, 0.1) is 39.4 Å². The van der Waals surface area contributed by atoms with Crippen molar-refractivity contribution in [2.45, 2.75) is 182 Å². The Hall–Kier alpha value is -1.63. The topological polar surface area (TPSA) is 82.1 Å². The van der Waals surface area contributed by atoms with Crippen LogP contribution in [0.2, 0.25) is 0 Å². The summed E-state index contributed by atoms with van der Waals surface area (Å²) in [5.41, 5.74) is -0.261. The first kappa shape index (κ1) is 40.6. The fraction of sp³-hybridized carbons (Fsp3) is 0.932. The lowest BCUT2D eigenvalue weighted by Crippen LogP contribution is -2.61. The van der Waals surface area contributed by atoms with Crippen LogP contribution >= 0.6 is 0 Å². The number of unbranched alkanes of at least 4 members (excludes halogenated alkanes) is 4. The van der Waals surface area contributed by atoms with Crippen molar-refractivity contribution in [3.05, 3.63) is 0 Å². The van der Waals surface area contributed by atoms with Gasteiger partial charge < -0.3 is 19.1 Å². The first-order valence-corrected chi connectivity index (χ1v) is 21.8. The molecular formula is C44H75NO6. The lowest BCUT2D eigenvalue weighted by atomic mass is 9.40. The van der Waals surface area contributed by atoms with E-state index < -0.39 is 0 Å². The van der Waals surface area contributed by atoms with Crippen LogP contribution in [-0.2, 0) is 28.6 Å². The number of carbonyl (C=O) groups is 3. The van der Waals surface area contributed by atoms with E-state index in [1.54, 1.807) is 0 Å². The molecule has 0 amide bonds. The number of ether oxygens (including phenoxy) is 3. The highest BCUT2D eigenvalue weighted by Crippen LogP contribution is 2.70. The molecule has 7 fully saturated rings. The third-order valence-corrected chi connectivity index (χ3v) is 14.4. The van der Waals surface area contributed by atoms with Crippen molar-refractivity contribution in [2.75, 3.05) is 39.5 Å². The minimum absolute atomic E-state index is 0.0163. The van der Waals surface area contributed by atoms with E-state index in [-0.39, 0.29) is 39.6 Å². The summed E-state index contributed by atoms with van der Waals surface area (Å²) in [4.78, 5) is 42.4. The fourth-order valence-electron chi connectivity index (χ4n) is 12.3. The van der Waals surface area contributed by atoms with Crippen LogP contribution in [0.25, 0.3) is 0 Å². The van der Waals surface area contributed by atoms with Crippen molar-refractivity contribution in [3.63, 3.8) is 0 Å². The third-order valence-electron chi connectivity index (χ3n) is 14.4. The van der Waals surface area contributed by atoms with E-state index in [9.17, 15) is 14.4 Å². The number of hydrogen-bond donors (Lipinski definition) is 0. The maximum absolute atomic E-state index is 13.5. The number of rotatable bonds is 24. The van der Waals surface area contributed by atoms with Gasteiger partial charge in [0.25, 0.3) is 0 Å². The molecule has 0 aromatic carbocycles. The summed E-state index contributed by atoms with van der Waals surface area (Å²) in [6, 6.07) is 0. The van der Waals surface area contributed by atoms with Gasteiger partial charge in [-0.05, 0) is 139 Å². The number of esters is 3. The Bertz CT molecular complexity index is 1100. The second kappa shape index (κ2) is 18.6. The summed E-state index contributed by atoms with van der Waals surface area (Å²) in [5, 5.41) is 0. The van der Waals surface area contributed by atoms with Gasteiger partial charge in [-0.1, -0.05) is 66.2 Å². The van der Waals surface area contributed by atoms with Gasteiger partial charge in [0.15, 0.2) is 0 Å². The van der Waals surface area contributed by atoms with Gasteiger partial charge in [-0.2, -0.15) is 0 Å².